The van der Waals surface area contributed by atoms with Crippen LogP contribution in [0.2, 0.25) is 0 Å². The molecule has 118 valence electrons. The van der Waals surface area contributed by atoms with E-state index in [1.54, 1.807) is 12.1 Å². The SMILES string of the molecule is CCN(CC)c1ccc(NC(=O)c2ccc3nsnc3c2)cc1. The molecule has 0 spiro atoms. The van der Waals surface area contributed by atoms with E-state index in [1.165, 1.54) is 0 Å². The van der Waals surface area contributed by atoms with Gasteiger partial charge in [-0.2, -0.15) is 8.75 Å². The summed E-state index contributed by atoms with van der Waals surface area (Å²) >= 11 is 1.15. The molecule has 1 aromatic heterocycles. The summed E-state index contributed by atoms with van der Waals surface area (Å²) in [5.74, 6) is -0.143. The third kappa shape index (κ3) is 3.32. The van der Waals surface area contributed by atoms with Crippen LogP contribution in [0, 0.1) is 0 Å². The number of amides is 1. The van der Waals surface area contributed by atoms with Crippen molar-refractivity contribution in [3.05, 3.63) is 48.0 Å². The van der Waals surface area contributed by atoms with Gasteiger partial charge in [-0.3, -0.25) is 4.79 Å². The van der Waals surface area contributed by atoms with E-state index < -0.39 is 0 Å². The largest absolute Gasteiger partial charge is 0.372 e. The Bertz CT molecular complexity index is 809. The molecule has 0 bridgehead atoms. The van der Waals surface area contributed by atoms with Crippen LogP contribution in [0.1, 0.15) is 24.2 Å². The van der Waals surface area contributed by atoms with Crippen LogP contribution >= 0.6 is 11.7 Å². The predicted octanol–water partition coefficient (Wildman–Crippen LogP) is 3.79. The van der Waals surface area contributed by atoms with E-state index in [-0.39, 0.29) is 5.91 Å². The van der Waals surface area contributed by atoms with Crippen molar-refractivity contribution in [1.29, 1.82) is 0 Å². The Labute approximate surface area is 139 Å². The number of hydrogen-bond donors (Lipinski definition) is 1. The minimum atomic E-state index is -0.143. The molecular weight excluding hydrogens is 308 g/mol. The summed E-state index contributed by atoms with van der Waals surface area (Å²) in [4.78, 5) is 14.6. The Morgan fingerprint density at radius 1 is 1.04 bits per heavy atom. The second kappa shape index (κ2) is 6.75. The van der Waals surface area contributed by atoms with E-state index in [0.717, 1.165) is 47.2 Å². The van der Waals surface area contributed by atoms with Crippen molar-refractivity contribution in [2.24, 2.45) is 0 Å². The van der Waals surface area contributed by atoms with Gasteiger partial charge in [-0.25, -0.2) is 0 Å². The Hall–Kier alpha value is -2.47. The highest BCUT2D eigenvalue weighted by atomic mass is 32.1. The van der Waals surface area contributed by atoms with Crippen LogP contribution in [0.5, 0.6) is 0 Å². The van der Waals surface area contributed by atoms with Crippen molar-refractivity contribution in [2.45, 2.75) is 13.8 Å². The number of carbonyl (C=O) groups excluding carboxylic acids is 1. The number of carbonyl (C=O) groups is 1. The fourth-order valence-electron chi connectivity index (χ4n) is 2.47. The summed E-state index contributed by atoms with van der Waals surface area (Å²) in [5, 5.41) is 2.92. The summed E-state index contributed by atoms with van der Waals surface area (Å²) in [7, 11) is 0. The number of nitrogens with one attached hydrogen (secondary N) is 1. The summed E-state index contributed by atoms with van der Waals surface area (Å²) < 4.78 is 8.30. The first-order chi connectivity index (χ1) is 11.2. The first kappa shape index (κ1) is 15.4. The number of hydrogen-bond acceptors (Lipinski definition) is 5. The zero-order valence-electron chi connectivity index (χ0n) is 13.1. The lowest BCUT2D eigenvalue weighted by molar-refractivity contribution is 0.102. The van der Waals surface area contributed by atoms with Gasteiger partial charge >= 0.3 is 0 Å². The lowest BCUT2D eigenvalue weighted by atomic mass is 10.2. The second-order valence-electron chi connectivity index (χ2n) is 5.14. The minimum absolute atomic E-state index is 0.143. The zero-order valence-corrected chi connectivity index (χ0v) is 13.9. The van der Waals surface area contributed by atoms with Crippen LogP contribution in [0.25, 0.3) is 11.0 Å². The molecule has 0 fully saturated rings. The van der Waals surface area contributed by atoms with Crippen LogP contribution in [0.3, 0.4) is 0 Å². The predicted molar refractivity (Wildman–Crippen MR) is 95.4 cm³/mol. The second-order valence-corrected chi connectivity index (χ2v) is 5.67. The van der Waals surface area contributed by atoms with Crippen LogP contribution in [-0.4, -0.2) is 27.7 Å². The summed E-state index contributed by atoms with van der Waals surface area (Å²) in [6.07, 6.45) is 0. The highest BCUT2D eigenvalue weighted by molar-refractivity contribution is 7.00. The number of fused-ring (bicyclic) bond motifs is 1. The van der Waals surface area contributed by atoms with Crippen molar-refractivity contribution in [3.63, 3.8) is 0 Å². The maximum atomic E-state index is 12.3. The normalized spacial score (nSPS) is 10.7. The molecule has 0 aliphatic carbocycles. The first-order valence-electron chi connectivity index (χ1n) is 7.60. The van der Waals surface area contributed by atoms with E-state index in [9.17, 15) is 4.79 Å². The molecule has 23 heavy (non-hydrogen) atoms. The number of aromatic nitrogens is 2. The lowest BCUT2D eigenvalue weighted by Crippen LogP contribution is -2.21. The van der Waals surface area contributed by atoms with Crippen LogP contribution in [0.4, 0.5) is 11.4 Å². The molecule has 5 nitrogen and oxygen atoms in total. The topological polar surface area (TPSA) is 58.1 Å². The van der Waals surface area contributed by atoms with E-state index in [2.05, 4.69) is 32.8 Å². The molecule has 0 radical (unpaired) electrons. The molecule has 1 amide bonds. The average molecular weight is 326 g/mol. The molecule has 0 saturated heterocycles. The number of benzene rings is 2. The van der Waals surface area contributed by atoms with Crippen molar-refractivity contribution in [1.82, 2.24) is 8.75 Å². The van der Waals surface area contributed by atoms with Crippen molar-refractivity contribution >= 4 is 40.0 Å². The summed E-state index contributed by atoms with van der Waals surface area (Å²) in [6, 6.07) is 13.2. The van der Waals surface area contributed by atoms with Gasteiger partial charge in [0.15, 0.2) is 0 Å². The van der Waals surface area contributed by atoms with Gasteiger partial charge in [-0.05, 0) is 56.3 Å². The Balaban J connectivity index is 1.74. The third-order valence-corrected chi connectivity index (χ3v) is 4.33. The fraction of sp³-hybridized carbons (Fsp3) is 0.235. The van der Waals surface area contributed by atoms with Crippen molar-refractivity contribution < 1.29 is 4.79 Å². The number of rotatable bonds is 5. The molecule has 3 aromatic rings. The van der Waals surface area contributed by atoms with Crippen LogP contribution in [-0.2, 0) is 0 Å². The van der Waals surface area contributed by atoms with Gasteiger partial charge in [0.1, 0.15) is 11.0 Å². The van der Waals surface area contributed by atoms with E-state index >= 15 is 0 Å². The molecule has 1 N–H and O–H groups in total. The monoisotopic (exact) mass is 326 g/mol. The molecule has 0 unspecified atom stereocenters. The number of nitrogens with zero attached hydrogens (tertiary/aromatic N) is 3. The first-order valence-corrected chi connectivity index (χ1v) is 8.33. The highest BCUT2D eigenvalue weighted by Crippen LogP contribution is 2.19. The van der Waals surface area contributed by atoms with Gasteiger partial charge in [0.25, 0.3) is 5.91 Å². The molecule has 2 aromatic carbocycles. The summed E-state index contributed by atoms with van der Waals surface area (Å²) in [6.45, 7) is 6.18. The minimum Gasteiger partial charge on any atom is -0.372 e. The van der Waals surface area contributed by atoms with Gasteiger partial charge in [0.05, 0.1) is 11.7 Å². The molecule has 1 heterocycles. The van der Waals surface area contributed by atoms with Crippen LogP contribution < -0.4 is 10.2 Å². The van der Waals surface area contributed by atoms with Gasteiger partial charge in [0.2, 0.25) is 0 Å². The van der Waals surface area contributed by atoms with E-state index in [0.29, 0.717) is 5.56 Å². The maximum Gasteiger partial charge on any atom is 0.255 e. The maximum absolute atomic E-state index is 12.3. The smallest absolute Gasteiger partial charge is 0.255 e. The van der Waals surface area contributed by atoms with Gasteiger partial charge in [-0.1, -0.05) is 0 Å². The molecule has 0 aliphatic rings. The van der Waals surface area contributed by atoms with E-state index in [1.807, 2.05) is 30.3 Å². The Morgan fingerprint density at radius 2 is 1.74 bits per heavy atom. The Morgan fingerprint density at radius 3 is 2.43 bits per heavy atom. The van der Waals surface area contributed by atoms with Crippen molar-refractivity contribution in [2.75, 3.05) is 23.3 Å². The van der Waals surface area contributed by atoms with E-state index in [4.69, 9.17) is 0 Å². The van der Waals surface area contributed by atoms with Crippen LogP contribution in [0.15, 0.2) is 42.5 Å². The summed E-state index contributed by atoms with van der Waals surface area (Å²) in [5.41, 5.74) is 4.08. The molecule has 0 atom stereocenters. The standard InChI is InChI=1S/C17H18N4OS/c1-3-21(4-2)14-8-6-13(7-9-14)18-17(22)12-5-10-15-16(11-12)20-23-19-15/h5-11H,3-4H2,1-2H3,(H,18,22). The van der Waals surface area contributed by atoms with Crippen molar-refractivity contribution in [3.8, 4) is 0 Å². The average Bonchev–Trinajstić information content (AvgIpc) is 3.05. The third-order valence-electron chi connectivity index (χ3n) is 3.77. The Kier molecular flexibility index (Phi) is 4.52. The lowest BCUT2D eigenvalue weighted by Gasteiger charge is -2.21. The zero-order chi connectivity index (χ0) is 16.2. The van der Waals surface area contributed by atoms with Gasteiger partial charge in [0, 0.05) is 30.0 Å². The van der Waals surface area contributed by atoms with Gasteiger partial charge < -0.3 is 10.2 Å². The fourth-order valence-corrected chi connectivity index (χ4v) is 2.99. The quantitative estimate of drug-likeness (QED) is 0.775. The highest BCUT2D eigenvalue weighted by Gasteiger charge is 2.09. The molecular formula is C17H18N4OS. The van der Waals surface area contributed by atoms with Gasteiger partial charge in [-0.15, -0.1) is 0 Å². The number of anilines is 2. The molecule has 0 saturated carbocycles. The molecule has 6 heteroatoms. The molecule has 3 rings (SSSR count). The molecule has 0 aliphatic heterocycles.